The van der Waals surface area contributed by atoms with Crippen LogP contribution in [0.15, 0.2) is 110 Å². The molecule has 3 heterocycles. The number of hydrogen-bond acceptors (Lipinski definition) is 6. The fourth-order valence-corrected chi connectivity index (χ4v) is 5.92. The molecule has 6 aromatic rings. The Morgan fingerprint density at radius 3 is 1.33 bits per heavy atom. The molecule has 0 amide bonds. The van der Waals surface area contributed by atoms with Gasteiger partial charge in [-0.3, -0.25) is 15.4 Å². The van der Waals surface area contributed by atoms with E-state index in [1.807, 2.05) is 42.7 Å². The van der Waals surface area contributed by atoms with Crippen molar-refractivity contribution in [1.82, 2.24) is 24.9 Å². The summed E-state index contributed by atoms with van der Waals surface area (Å²) >= 11 is 0. The van der Waals surface area contributed by atoms with Crippen molar-refractivity contribution >= 4 is 11.3 Å². The first-order valence-corrected chi connectivity index (χ1v) is 15.9. The van der Waals surface area contributed by atoms with E-state index in [0.717, 1.165) is 44.5 Å². The van der Waals surface area contributed by atoms with E-state index in [2.05, 4.69) is 103 Å². The minimum atomic E-state index is 0.129. The zero-order chi connectivity index (χ0) is 33.9. The Bertz CT molecular complexity index is 2040. The lowest BCUT2D eigenvalue weighted by molar-refractivity contribution is 1.02. The third-order valence-corrected chi connectivity index (χ3v) is 8.02. The maximum atomic E-state index is 8.94. The summed E-state index contributed by atoms with van der Waals surface area (Å²) in [6.07, 6.45) is 7.18. The second kappa shape index (κ2) is 13.5. The van der Waals surface area contributed by atoms with E-state index in [1.165, 1.54) is 22.3 Å². The van der Waals surface area contributed by atoms with Crippen molar-refractivity contribution in [2.24, 2.45) is 0 Å². The van der Waals surface area contributed by atoms with Crippen molar-refractivity contribution < 1.29 is 0 Å². The minimum Gasteiger partial charge on any atom is -0.297 e. The second-order valence-corrected chi connectivity index (χ2v) is 12.6. The molecule has 0 unspecified atom stereocenters. The quantitative estimate of drug-likeness (QED) is 0.134. The summed E-state index contributed by atoms with van der Waals surface area (Å²) in [7, 11) is 0. The van der Waals surface area contributed by atoms with Crippen LogP contribution < -0.4 is 0 Å². The molecule has 6 rings (SSSR count). The van der Waals surface area contributed by atoms with Crippen LogP contribution in [0.1, 0.15) is 44.8 Å². The van der Waals surface area contributed by atoms with Gasteiger partial charge in [0.05, 0.1) is 5.71 Å². The normalized spacial score (nSPS) is 11.2. The number of aromatic nitrogens is 5. The molecule has 0 fully saturated rings. The van der Waals surface area contributed by atoms with Crippen molar-refractivity contribution in [3.05, 3.63) is 155 Å². The highest BCUT2D eigenvalue weighted by Crippen LogP contribution is 2.27. The van der Waals surface area contributed by atoms with Crippen LogP contribution in [0.3, 0.4) is 0 Å². The molecule has 1 N–H and O–H groups in total. The lowest BCUT2D eigenvalue weighted by Gasteiger charge is -2.09. The number of nitrogens with zero attached hydrogens (tertiary/aromatic N) is 5. The molecule has 3 aromatic carbocycles. The van der Waals surface area contributed by atoms with Gasteiger partial charge in [-0.2, -0.15) is 0 Å². The third kappa shape index (κ3) is 7.39. The molecule has 6 nitrogen and oxygen atoms in total. The van der Waals surface area contributed by atoms with Gasteiger partial charge in [0.25, 0.3) is 0 Å². The summed E-state index contributed by atoms with van der Waals surface area (Å²) in [5.74, 6) is 0.960. The number of pyridine rings is 2. The average Bonchev–Trinajstić information content (AvgIpc) is 3.05. The number of aryl methyl sites for hydroxylation is 6. The van der Waals surface area contributed by atoms with Gasteiger partial charge in [-0.05, 0) is 82.0 Å². The standard InChI is InChI=1S/C42H38N6/c1-25-14-26(2)18-34(17-25)31(7)8-11-37(43)40-46-41(38-12-9-32(23-44-38)35-19-27(3)15-28(4)20-35)48-42(47-40)39-13-10-33(24-45-39)36-21-29(5)16-30(6)22-36/h8-24,43H,7H2,1-6H3/b11-8-,43-37?. The Morgan fingerprint density at radius 2 is 0.938 bits per heavy atom. The number of rotatable bonds is 8. The van der Waals surface area contributed by atoms with Gasteiger partial charge in [0.15, 0.2) is 17.5 Å². The Morgan fingerprint density at radius 1 is 0.521 bits per heavy atom. The summed E-state index contributed by atoms with van der Waals surface area (Å²) in [4.78, 5) is 23.7. The first kappa shape index (κ1) is 32.1. The highest BCUT2D eigenvalue weighted by atomic mass is 15.1. The van der Waals surface area contributed by atoms with E-state index >= 15 is 0 Å². The number of benzene rings is 3. The highest BCUT2D eigenvalue weighted by Gasteiger charge is 2.15. The van der Waals surface area contributed by atoms with Gasteiger partial charge >= 0.3 is 0 Å². The zero-order valence-corrected chi connectivity index (χ0v) is 28.3. The van der Waals surface area contributed by atoms with E-state index in [4.69, 9.17) is 30.3 Å². The Kier molecular flexibility index (Phi) is 9.00. The highest BCUT2D eigenvalue weighted by molar-refractivity contribution is 6.05. The monoisotopic (exact) mass is 626 g/mol. The summed E-state index contributed by atoms with van der Waals surface area (Å²) in [6.45, 7) is 16.7. The van der Waals surface area contributed by atoms with Crippen LogP contribution >= 0.6 is 0 Å². The first-order chi connectivity index (χ1) is 23.0. The van der Waals surface area contributed by atoms with E-state index in [0.29, 0.717) is 23.0 Å². The van der Waals surface area contributed by atoms with Crippen molar-refractivity contribution in [1.29, 1.82) is 5.41 Å². The zero-order valence-electron chi connectivity index (χ0n) is 28.3. The van der Waals surface area contributed by atoms with Gasteiger partial charge in [0.2, 0.25) is 0 Å². The fourth-order valence-electron chi connectivity index (χ4n) is 5.92. The van der Waals surface area contributed by atoms with Crippen molar-refractivity contribution in [3.63, 3.8) is 0 Å². The average molecular weight is 627 g/mol. The number of allylic oxidation sites excluding steroid dienone is 3. The van der Waals surface area contributed by atoms with Crippen LogP contribution in [0.5, 0.6) is 0 Å². The molecule has 236 valence electrons. The van der Waals surface area contributed by atoms with E-state index in [1.54, 1.807) is 6.08 Å². The van der Waals surface area contributed by atoms with Crippen molar-refractivity contribution in [2.45, 2.75) is 41.5 Å². The van der Waals surface area contributed by atoms with Crippen LogP contribution in [0.25, 0.3) is 50.9 Å². The smallest absolute Gasteiger partial charge is 0.182 e. The second-order valence-electron chi connectivity index (χ2n) is 12.6. The molecule has 0 atom stereocenters. The van der Waals surface area contributed by atoms with E-state index in [-0.39, 0.29) is 11.5 Å². The molecule has 0 saturated carbocycles. The SMILES string of the molecule is C=C(/C=C\C(=N)c1nc(-c2ccc(-c3cc(C)cc(C)c3)cn2)nc(-c2ccc(-c3cc(C)cc(C)c3)cn2)n1)c1cc(C)cc(C)c1. The van der Waals surface area contributed by atoms with Gasteiger partial charge in [-0.25, -0.2) is 15.0 Å². The maximum absolute atomic E-state index is 8.94. The molecule has 0 bridgehead atoms. The Labute approximate surface area is 282 Å². The molecular weight excluding hydrogens is 589 g/mol. The van der Waals surface area contributed by atoms with E-state index in [9.17, 15) is 0 Å². The number of nitrogens with one attached hydrogen (secondary N) is 1. The lowest BCUT2D eigenvalue weighted by atomic mass is 10.0. The predicted molar refractivity (Wildman–Crippen MR) is 197 cm³/mol. The van der Waals surface area contributed by atoms with Crippen LogP contribution in [0, 0.1) is 47.0 Å². The summed E-state index contributed by atoms with van der Waals surface area (Å²) < 4.78 is 0. The molecular formula is C42H38N6. The molecule has 0 radical (unpaired) electrons. The minimum absolute atomic E-state index is 0.129. The first-order valence-electron chi connectivity index (χ1n) is 15.9. The van der Waals surface area contributed by atoms with Gasteiger partial charge in [0, 0.05) is 23.5 Å². The van der Waals surface area contributed by atoms with Crippen molar-refractivity contribution in [3.8, 4) is 45.3 Å². The van der Waals surface area contributed by atoms with Gasteiger partial charge < -0.3 is 0 Å². The Hall–Kier alpha value is -5.88. The molecule has 0 aliphatic rings. The summed E-state index contributed by atoms with van der Waals surface area (Å²) in [6, 6.07) is 27.1. The molecule has 0 aliphatic heterocycles. The third-order valence-electron chi connectivity index (χ3n) is 8.02. The molecule has 0 aliphatic carbocycles. The summed E-state index contributed by atoms with van der Waals surface area (Å²) in [5.41, 5.74) is 14.4. The fraction of sp³-hybridized carbons (Fsp3) is 0.143. The molecule has 3 aromatic heterocycles. The van der Waals surface area contributed by atoms with E-state index < -0.39 is 0 Å². The van der Waals surface area contributed by atoms with Gasteiger partial charge in [0.1, 0.15) is 11.4 Å². The van der Waals surface area contributed by atoms with Crippen LogP contribution in [0.2, 0.25) is 0 Å². The number of hydrogen-bond donors (Lipinski definition) is 1. The van der Waals surface area contributed by atoms with Crippen LogP contribution in [-0.2, 0) is 0 Å². The maximum Gasteiger partial charge on any atom is 0.182 e. The van der Waals surface area contributed by atoms with Crippen molar-refractivity contribution in [2.75, 3.05) is 0 Å². The molecule has 6 heteroatoms. The molecule has 48 heavy (non-hydrogen) atoms. The van der Waals surface area contributed by atoms with Gasteiger partial charge in [-0.1, -0.05) is 113 Å². The molecule has 0 saturated heterocycles. The lowest BCUT2D eigenvalue weighted by Crippen LogP contribution is -2.09. The topological polar surface area (TPSA) is 88.3 Å². The van der Waals surface area contributed by atoms with Gasteiger partial charge in [-0.15, -0.1) is 0 Å². The Balaban J connectivity index is 1.37. The summed E-state index contributed by atoms with van der Waals surface area (Å²) in [5, 5.41) is 8.94. The molecule has 0 spiro atoms. The predicted octanol–water partition coefficient (Wildman–Crippen LogP) is 9.82. The largest absolute Gasteiger partial charge is 0.297 e. The van der Waals surface area contributed by atoms with Crippen LogP contribution in [0.4, 0.5) is 0 Å². The van der Waals surface area contributed by atoms with Crippen LogP contribution in [-0.4, -0.2) is 30.6 Å².